The van der Waals surface area contributed by atoms with Crippen molar-refractivity contribution in [1.82, 2.24) is 4.98 Å². The maximum Gasteiger partial charge on any atom is 0.133 e. The van der Waals surface area contributed by atoms with Crippen LogP contribution in [0.25, 0.3) is 0 Å². The Morgan fingerprint density at radius 3 is 3.24 bits per heavy atom. The molecule has 1 unspecified atom stereocenters. The van der Waals surface area contributed by atoms with Gasteiger partial charge in [-0.2, -0.15) is 0 Å². The zero-order valence-electron chi connectivity index (χ0n) is 10.4. The number of anilines is 1. The van der Waals surface area contributed by atoms with Gasteiger partial charge in [0.1, 0.15) is 5.82 Å². The molecule has 1 aromatic rings. The van der Waals surface area contributed by atoms with Crippen molar-refractivity contribution in [3.63, 3.8) is 0 Å². The van der Waals surface area contributed by atoms with Crippen LogP contribution in [0, 0.1) is 0 Å². The van der Waals surface area contributed by atoms with Crippen LogP contribution in [0.5, 0.6) is 0 Å². The molecule has 0 amide bonds. The molecule has 2 N–H and O–H groups in total. The van der Waals surface area contributed by atoms with E-state index in [1.165, 1.54) is 0 Å². The van der Waals surface area contributed by atoms with Gasteiger partial charge in [0.25, 0.3) is 0 Å². The highest BCUT2D eigenvalue weighted by molar-refractivity contribution is 5.47. The van der Waals surface area contributed by atoms with Crippen LogP contribution in [0.15, 0.2) is 18.3 Å². The van der Waals surface area contributed by atoms with Gasteiger partial charge < -0.3 is 15.4 Å². The van der Waals surface area contributed by atoms with Crippen molar-refractivity contribution in [1.29, 1.82) is 0 Å². The molecule has 94 valence electrons. The molecule has 1 aliphatic heterocycles. The van der Waals surface area contributed by atoms with E-state index in [4.69, 9.17) is 10.5 Å². The van der Waals surface area contributed by atoms with E-state index in [0.717, 1.165) is 43.9 Å². The number of nitrogens with two attached hydrogens (primary N) is 1. The van der Waals surface area contributed by atoms with Crippen molar-refractivity contribution in [2.45, 2.75) is 32.4 Å². The number of aromatic nitrogens is 1. The highest BCUT2D eigenvalue weighted by Crippen LogP contribution is 2.22. The van der Waals surface area contributed by atoms with Crippen LogP contribution in [-0.4, -0.2) is 30.8 Å². The van der Waals surface area contributed by atoms with Gasteiger partial charge in [-0.1, -0.05) is 6.07 Å². The Balaban J connectivity index is 2.10. The average Bonchev–Trinajstić information content (AvgIpc) is 2.39. The van der Waals surface area contributed by atoms with E-state index in [1.807, 2.05) is 25.3 Å². The SMILES string of the molecule is CCOC1CCCN(c2ncccc2CN)C1. The number of rotatable bonds is 4. The van der Waals surface area contributed by atoms with Crippen molar-refractivity contribution in [2.75, 3.05) is 24.6 Å². The van der Waals surface area contributed by atoms with Gasteiger partial charge in [-0.15, -0.1) is 0 Å². The molecule has 2 rings (SSSR count). The van der Waals surface area contributed by atoms with Crippen molar-refractivity contribution in [3.05, 3.63) is 23.9 Å². The summed E-state index contributed by atoms with van der Waals surface area (Å²) in [7, 11) is 0. The molecule has 1 saturated heterocycles. The second-order valence-corrected chi connectivity index (χ2v) is 4.36. The minimum absolute atomic E-state index is 0.335. The van der Waals surface area contributed by atoms with Crippen LogP contribution in [0.1, 0.15) is 25.3 Å². The third-order valence-corrected chi connectivity index (χ3v) is 3.17. The molecule has 1 aliphatic rings. The Labute approximate surface area is 103 Å². The van der Waals surface area contributed by atoms with Crippen molar-refractivity contribution < 1.29 is 4.74 Å². The number of nitrogens with zero attached hydrogens (tertiary/aromatic N) is 2. The summed E-state index contributed by atoms with van der Waals surface area (Å²) in [5.74, 6) is 1.03. The van der Waals surface area contributed by atoms with E-state index in [-0.39, 0.29) is 0 Å². The molecule has 1 aromatic heterocycles. The van der Waals surface area contributed by atoms with E-state index in [9.17, 15) is 0 Å². The van der Waals surface area contributed by atoms with Crippen molar-refractivity contribution in [3.8, 4) is 0 Å². The predicted octanol–water partition coefficient (Wildman–Crippen LogP) is 1.55. The fraction of sp³-hybridized carbons (Fsp3) is 0.615. The largest absolute Gasteiger partial charge is 0.377 e. The number of hydrogen-bond acceptors (Lipinski definition) is 4. The molecule has 0 bridgehead atoms. The third-order valence-electron chi connectivity index (χ3n) is 3.17. The van der Waals surface area contributed by atoms with Crippen LogP contribution in [0.2, 0.25) is 0 Å². The molecule has 0 spiro atoms. The highest BCUT2D eigenvalue weighted by Gasteiger charge is 2.22. The van der Waals surface area contributed by atoms with Crippen LogP contribution >= 0.6 is 0 Å². The van der Waals surface area contributed by atoms with Gasteiger partial charge in [-0.05, 0) is 25.8 Å². The molecule has 1 atom stereocenters. The normalized spacial score (nSPS) is 20.6. The summed E-state index contributed by atoms with van der Waals surface area (Å²) in [6.45, 7) is 5.35. The zero-order chi connectivity index (χ0) is 12.1. The summed E-state index contributed by atoms with van der Waals surface area (Å²) in [5.41, 5.74) is 6.87. The second kappa shape index (κ2) is 5.98. The lowest BCUT2D eigenvalue weighted by molar-refractivity contribution is 0.0525. The number of ether oxygens (including phenoxy) is 1. The lowest BCUT2D eigenvalue weighted by atomic mass is 10.1. The van der Waals surface area contributed by atoms with Crippen LogP contribution in [0.4, 0.5) is 5.82 Å². The Bertz CT molecular complexity index is 354. The molecule has 0 aliphatic carbocycles. The van der Waals surface area contributed by atoms with Gasteiger partial charge in [-0.25, -0.2) is 4.98 Å². The molecule has 0 aromatic carbocycles. The van der Waals surface area contributed by atoms with Crippen molar-refractivity contribution in [2.24, 2.45) is 5.73 Å². The summed E-state index contributed by atoms with van der Waals surface area (Å²) < 4.78 is 5.71. The maximum absolute atomic E-state index is 5.75. The minimum atomic E-state index is 0.335. The molecule has 17 heavy (non-hydrogen) atoms. The van der Waals surface area contributed by atoms with E-state index in [2.05, 4.69) is 9.88 Å². The van der Waals surface area contributed by atoms with E-state index < -0.39 is 0 Å². The third kappa shape index (κ3) is 2.96. The Morgan fingerprint density at radius 2 is 2.47 bits per heavy atom. The fourth-order valence-corrected chi connectivity index (χ4v) is 2.38. The summed E-state index contributed by atoms with van der Waals surface area (Å²) in [6.07, 6.45) is 4.47. The Kier molecular flexibility index (Phi) is 4.34. The van der Waals surface area contributed by atoms with E-state index in [0.29, 0.717) is 12.6 Å². The molecular weight excluding hydrogens is 214 g/mol. The number of hydrogen-bond donors (Lipinski definition) is 1. The second-order valence-electron chi connectivity index (χ2n) is 4.36. The fourth-order valence-electron chi connectivity index (χ4n) is 2.38. The predicted molar refractivity (Wildman–Crippen MR) is 69.0 cm³/mol. The average molecular weight is 235 g/mol. The summed E-state index contributed by atoms with van der Waals surface area (Å²) in [6, 6.07) is 3.99. The Morgan fingerprint density at radius 1 is 1.59 bits per heavy atom. The summed E-state index contributed by atoms with van der Waals surface area (Å²) >= 11 is 0. The first-order valence-corrected chi connectivity index (χ1v) is 6.35. The monoisotopic (exact) mass is 235 g/mol. The Hall–Kier alpha value is -1.13. The molecule has 2 heterocycles. The van der Waals surface area contributed by atoms with Gasteiger partial charge in [0.15, 0.2) is 0 Å². The van der Waals surface area contributed by atoms with E-state index in [1.54, 1.807) is 0 Å². The first-order chi connectivity index (χ1) is 8.35. The molecule has 4 nitrogen and oxygen atoms in total. The lowest BCUT2D eigenvalue weighted by Gasteiger charge is -2.34. The lowest BCUT2D eigenvalue weighted by Crippen LogP contribution is -2.40. The standard InChI is InChI=1S/C13H21N3O/c1-2-17-12-6-4-8-16(10-12)13-11(9-14)5-3-7-15-13/h3,5,7,12H,2,4,6,8-10,14H2,1H3. The van der Waals surface area contributed by atoms with Crippen molar-refractivity contribution >= 4 is 5.82 Å². The smallest absolute Gasteiger partial charge is 0.133 e. The molecule has 1 fully saturated rings. The highest BCUT2D eigenvalue weighted by atomic mass is 16.5. The topological polar surface area (TPSA) is 51.4 Å². The number of piperidine rings is 1. The minimum Gasteiger partial charge on any atom is -0.377 e. The van der Waals surface area contributed by atoms with Crippen LogP contribution < -0.4 is 10.6 Å². The maximum atomic E-state index is 5.75. The van der Waals surface area contributed by atoms with Gasteiger partial charge in [0.05, 0.1) is 6.10 Å². The van der Waals surface area contributed by atoms with Gasteiger partial charge in [0.2, 0.25) is 0 Å². The van der Waals surface area contributed by atoms with Gasteiger partial charge in [0, 0.05) is 38.0 Å². The molecule has 0 saturated carbocycles. The number of pyridine rings is 1. The van der Waals surface area contributed by atoms with Gasteiger partial charge in [-0.3, -0.25) is 0 Å². The molecule has 0 radical (unpaired) electrons. The first-order valence-electron chi connectivity index (χ1n) is 6.35. The zero-order valence-corrected chi connectivity index (χ0v) is 10.4. The van der Waals surface area contributed by atoms with Gasteiger partial charge >= 0.3 is 0 Å². The molecule has 4 heteroatoms. The first kappa shape index (κ1) is 12.3. The summed E-state index contributed by atoms with van der Waals surface area (Å²) in [4.78, 5) is 6.76. The van der Waals surface area contributed by atoms with Crippen LogP contribution in [0.3, 0.4) is 0 Å². The quantitative estimate of drug-likeness (QED) is 0.860. The van der Waals surface area contributed by atoms with Crippen LogP contribution in [-0.2, 0) is 11.3 Å². The van der Waals surface area contributed by atoms with E-state index >= 15 is 0 Å². The molecular formula is C13H21N3O. The summed E-state index contributed by atoms with van der Waals surface area (Å²) in [5, 5.41) is 0.